The summed E-state index contributed by atoms with van der Waals surface area (Å²) in [5.41, 5.74) is -0.734. The van der Waals surface area contributed by atoms with Crippen LogP contribution in [-0.2, 0) is 15.7 Å². The number of alkyl halides is 3. The van der Waals surface area contributed by atoms with E-state index in [0.717, 1.165) is 12.1 Å². The topological polar surface area (TPSA) is 26.3 Å². The summed E-state index contributed by atoms with van der Waals surface area (Å²) in [6, 6.07) is 5.17. The minimum Gasteiger partial charge on any atom is -0.455 e. The molecular weight excluding hydrogens is 281 g/mol. The van der Waals surface area contributed by atoms with E-state index in [1.807, 2.05) is 0 Å². The van der Waals surface area contributed by atoms with Gasteiger partial charge in [-0.05, 0) is 17.7 Å². The second-order valence-corrected chi connectivity index (χ2v) is 4.15. The summed E-state index contributed by atoms with van der Waals surface area (Å²) in [6.07, 6.45) is 0.362. The van der Waals surface area contributed by atoms with Crippen molar-refractivity contribution in [3.05, 3.63) is 66.8 Å². The van der Waals surface area contributed by atoms with Crippen LogP contribution in [0.1, 0.15) is 17.5 Å². The fraction of sp³-hybridized carbons (Fsp3) is 0.188. The molecule has 0 heterocycles. The number of halogens is 3. The van der Waals surface area contributed by atoms with Gasteiger partial charge in [-0.1, -0.05) is 36.9 Å². The van der Waals surface area contributed by atoms with Crippen molar-refractivity contribution >= 4 is 12.0 Å². The van der Waals surface area contributed by atoms with E-state index in [9.17, 15) is 18.0 Å². The molecule has 1 atom stereocenters. The number of carbonyl (C=O) groups excluding carboxylic acids is 1. The van der Waals surface area contributed by atoms with Crippen LogP contribution in [0.4, 0.5) is 13.2 Å². The standard InChI is InChI=1S/C16H15F3O2/c1-3-7-13(21-15(20)4-2)11-10-12-8-5-6-9-14(12)16(17,18)19/h3-6,8-11,13H,1-2,7H2/b11-10+. The van der Waals surface area contributed by atoms with Gasteiger partial charge in [0.1, 0.15) is 6.10 Å². The molecule has 0 aromatic heterocycles. The van der Waals surface area contributed by atoms with Gasteiger partial charge in [-0.3, -0.25) is 0 Å². The number of ether oxygens (including phenoxy) is 1. The molecule has 21 heavy (non-hydrogen) atoms. The van der Waals surface area contributed by atoms with Crippen LogP contribution in [0.5, 0.6) is 0 Å². The molecule has 1 unspecified atom stereocenters. The van der Waals surface area contributed by atoms with Crippen molar-refractivity contribution in [3.63, 3.8) is 0 Å². The van der Waals surface area contributed by atoms with Crippen molar-refractivity contribution in [2.75, 3.05) is 0 Å². The maximum absolute atomic E-state index is 12.8. The van der Waals surface area contributed by atoms with Crippen LogP contribution < -0.4 is 0 Å². The summed E-state index contributed by atoms with van der Waals surface area (Å²) in [4.78, 5) is 11.1. The van der Waals surface area contributed by atoms with Crippen LogP contribution in [0, 0.1) is 0 Å². The molecule has 0 saturated heterocycles. The molecule has 1 aromatic rings. The monoisotopic (exact) mass is 296 g/mol. The molecule has 0 saturated carbocycles. The summed E-state index contributed by atoms with van der Waals surface area (Å²) >= 11 is 0. The van der Waals surface area contributed by atoms with Gasteiger partial charge in [-0.25, -0.2) is 4.79 Å². The third-order valence-electron chi connectivity index (χ3n) is 2.59. The highest BCUT2D eigenvalue weighted by atomic mass is 19.4. The molecule has 0 radical (unpaired) electrons. The Morgan fingerprint density at radius 2 is 1.95 bits per heavy atom. The van der Waals surface area contributed by atoms with Gasteiger partial charge < -0.3 is 4.74 Å². The quantitative estimate of drug-likeness (QED) is 0.442. The van der Waals surface area contributed by atoms with E-state index in [1.54, 1.807) is 0 Å². The molecule has 1 aromatic carbocycles. The zero-order chi connectivity index (χ0) is 15.9. The van der Waals surface area contributed by atoms with E-state index >= 15 is 0 Å². The Hall–Kier alpha value is -2.30. The van der Waals surface area contributed by atoms with Gasteiger partial charge in [0, 0.05) is 12.5 Å². The molecule has 0 aliphatic rings. The molecule has 0 N–H and O–H groups in total. The van der Waals surface area contributed by atoms with Gasteiger partial charge in [-0.2, -0.15) is 13.2 Å². The average molecular weight is 296 g/mol. The Morgan fingerprint density at radius 1 is 1.29 bits per heavy atom. The van der Waals surface area contributed by atoms with Crippen LogP contribution in [0.3, 0.4) is 0 Å². The lowest BCUT2D eigenvalue weighted by Crippen LogP contribution is -2.13. The van der Waals surface area contributed by atoms with E-state index in [4.69, 9.17) is 4.74 Å². The largest absolute Gasteiger partial charge is 0.455 e. The molecule has 0 amide bonds. The lowest BCUT2D eigenvalue weighted by molar-refractivity contribution is -0.141. The number of hydrogen-bond donors (Lipinski definition) is 0. The second kappa shape index (κ2) is 7.47. The SMILES string of the molecule is C=CCC(/C=C/c1ccccc1C(F)(F)F)OC(=O)C=C. The average Bonchev–Trinajstić information content (AvgIpc) is 2.44. The van der Waals surface area contributed by atoms with E-state index in [1.165, 1.54) is 36.4 Å². The van der Waals surface area contributed by atoms with E-state index in [2.05, 4.69) is 13.2 Å². The first-order valence-corrected chi connectivity index (χ1v) is 6.17. The van der Waals surface area contributed by atoms with Gasteiger partial charge in [-0.15, -0.1) is 6.58 Å². The summed E-state index contributed by atoms with van der Waals surface area (Å²) in [6.45, 7) is 6.78. The third-order valence-corrected chi connectivity index (χ3v) is 2.59. The van der Waals surface area contributed by atoms with Crippen molar-refractivity contribution in [1.29, 1.82) is 0 Å². The molecule has 2 nitrogen and oxygen atoms in total. The lowest BCUT2D eigenvalue weighted by Gasteiger charge is -2.12. The Kier molecular flexibility index (Phi) is 5.96. The van der Waals surface area contributed by atoms with Crippen LogP contribution in [0.25, 0.3) is 6.08 Å². The summed E-state index contributed by atoms with van der Waals surface area (Å²) < 4.78 is 43.5. The van der Waals surface area contributed by atoms with Crippen LogP contribution in [0.15, 0.2) is 55.7 Å². The minimum atomic E-state index is -4.44. The van der Waals surface area contributed by atoms with Gasteiger partial charge in [0.05, 0.1) is 5.56 Å². The van der Waals surface area contributed by atoms with Crippen molar-refractivity contribution in [1.82, 2.24) is 0 Å². The first-order valence-electron chi connectivity index (χ1n) is 6.17. The normalized spacial score (nSPS) is 12.9. The minimum absolute atomic E-state index is 0.00807. The van der Waals surface area contributed by atoms with E-state index in [-0.39, 0.29) is 5.56 Å². The number of benzene rings is 1. The third kappa shape index (κ3) is 5.30. The maximum atomic E-state index is 12.8. The zero-order valence-electron chi connectivity index (χ0n) is 11.3. The van der Waals surface area contributed by atoms with E-state index in [0.29, 0.717) is 6.42 Å². The highest BCUT2D eigenvalue weighted by Crippen LogP contribution is 2.32. The Bertz CT molecular complexity index is 545. The fourth-order valence-electron chi connectivity index (χ4n) is 1.64. The highest BCUT2D eigenvalue weighted by molar-refractivity contribution is 5.81. The molecule has 5 heteroatoms. The maximum Gasteiger partial charge on any atom is 0.416 e. The molecule has 0 bridgehead atoms. The first kappa shape index (κ1) is 16.8. The summed E-state index contributed by atoms with van der Waals surface area (Å²) in [5, 5.41) is 0. The van der Waals surface area contributed by atoms with Gasteiger partial charge >= 0.3 is 12.1 Å². The smallest absolute Gasteiger partial charge is 0.416 e. The fourth-order valence-corrected chi connectivity index (χ4v) is 1.64. The number of carbonyl (C=O) groups is 1. The van der Waals surface area contributed by atoms with E-state index < -0.39 is 23.8 Å². The number of hydrogen-bond acceptors (Lipinski definition) is 2. The van der Waals surface area contributed by atoms with Gasteiger partial charge in [0.25, 0.3) is 0 Å². The zero-order valence-corrected chi connectivity index (χ0v) is 11.3. The second-order valence-electron chi connectivity index (χ2n) is 4.15. The highest BCUT2D eigenvalue weighted by Gasteiger charge is 2.32. The van der Waals surface area contributed by atoms with Gasteiger partial charge in [0.15, 0.2) is 0 Å². The predicted molar refractivity (Wildman–Crippen MR) is 75.4 cm³/mol. The van der Waals surface area contributed by atoms with Crippen molar-refractivity contribution < 1.29 is 22.7 Å². The molecular formula is C16H15F3O2. The van der Waals surface area contributed by atoms with Crippen molar-refractivity contribution in [2.24, 2.45) is 0 Å². The Morgan fingerprint density at radius 3 is 2.52 bits per heavy atom. The van der Waals surface area contributed by atoms with Crippen molar-refractivity contribution in [2.45, 2.75) is 18.7 Å². The summed E-state index contributed by atoms with van der Waals surface area (Å²) in [7, 11) is 0. The number of rotatable bonds is 6. The molecule has 112 valence electrons. The summed E-state index contributed by atoms with van der Waals surface area (Å²) in [5.74, 6) is -0.643. The number of esters is 1. The van der Waals surface area contributed by atoms with Crippen LogP contribution >= 0.6 is 0 Å². The van der Waals surface area contributed by atoms with Crippen LogP contribution in [0.2, 0.25) is 0 Å². The van der Waals surface area contributed by atoms with Crippen LogP contribution in [-0.4, -0.2) is 12.1 Å². The molecule has 0 aliphatic heterocycles. The Labute approximate surface area is 121 Å². The Balaban J connectivity index is 2.98. The molecule has 0 spiro atoms. The predicted octanol–water partition coefficient (Wildman–Crippen LogP) is 4.39. The molecule has 1 rings (SSSR count). The molecule has 0 fully saturated rings. The lowest BCUT2D eigenvalue weighted by atomic mass is 10.1. The van der Waals surface area contributed by atoms with Gasteiger partial charge in [0.2, 0.25) is 0 Å². The molecule has 0 aliphatic carbocycles. The van der Waals surface area contributed by atoms with Crippen molar-refractivity contribution in [3.8, 4) is 0 Å². The first-order chi connectivity index (χ1) is 9.88.